The molecule has 1 saturated carbocycles. The zero-order valence-corrected chi connectivity index (χ0v) is 12.9. The standard InChI is InChI=1S/C14H19N3O4S/c18-16-14(10-4-7-21-8-5-10)13-9-11(3-6-15-13)17-22(19,20)12-1-2-12/h3,6,9-10,12,18H,1-2,4-5,7-8H2,(H,15,17). The number of sulfonamides is 1. The van der Waals surface area contributed by atoms with Crippen LogP contribution in [0.15, 0.2) is 23.5 Å². The van der Waals surface area contributed by atoms with Crippen LogP contribution in [0.25, 0.3) is 0 Å². The van der Waals surface area contributed by atoms with Gasteiger partial charge in [0.1, 0.15) is 5.71 Å². The van der Waals surface area contributed by atoms with Crippen LogP contribution in [0.4, 0.5) is 5.69 Å². The van der Waals surface area contributed by atoms with Crippen molar-refractivity contribution in [2.24, 2.45) is 11.1 Å². The van der Waals surface area contributed by atoms with Crippen LogP contribution in [0.3, 0.4) is 0 Å². The Morgan fingerprint density at radius 3 is 2.68 bits per heavy atom. The predicted octanol–water partition coefficient (Wildman–Crippen LogP) is 1.59. The second-order valence-corrected chi connectivity index (χ2v) is 7.61. The topological polar surface area (TPSA) is 101 Å². The summed E-state index contributed by atoms with van der Waals surface area (Å²) in [4.78, 5) is 4.21. The largest absolute Gasteiger partial charge is 0.411 e. The highest BCUT2D eigenvalue weighted by Gasteiger charge is 2.35. The van der Waals surface area contributed by atoms with E-state index >= 15 is 0 Å². The average molecular weight is 325 g/mol. The van der Waals surface area contributed by atoms with E-state index in [0.717, 1.165) is 12.8 Å². The number of aromatic nitrogens is 1. The third kappa shape index (κ3) is 3.38. The van der Waals surface area contributed by atoms with Crippen molar-refractivity contribution < 1.29 is 18.4 Å². The summed E-state index contributed by atoms with van der Waals surface area (Å²) in [5, 5.41) is 12.4. The molecule has 1 aliphatic carbocycles. The molecule has 0 radical (unpaired) electrons. The summed E-state index contributed by atoms with van der Waals surface area (Å²) in [5.41, 5.74) is 1.42. The minimum Gasteiger partial charge on any atom is -0.411 e. The summed E-state index contributed by atoms with van der Waals surface area (Å²) in [6, 6.07) is 3.22. The van der Waals surface area contributed by atoms with Crippen molar-refractivity contribution in [3.05, 3.63) is 24.0 Å². The molecule has 8 heteroatoms. The number of anilines is 1. The summed E-state index contributed by atoms with van der Waals surface area (Å²) < 4.78 is 31.9. The van der Waals surface area contributed by atoms with Crippen molar-refractivity contribution in [1.29, 1.82) is 0 Å². The van der Waals surface area contributed by atoms with Gasteiger partial charge in [-0.2, -0.15) is 0 Å². The molecule has 120 valence electrons. The van der Waals surface area contributed by atoms with E-state index in [1.54, 1.807) is 12.1 Å². The molecule has 0 unspecified atom stereocenters. The van der Waals surface area contributed by atoms with Crippen molar-refractivity contribution in [3.63, 3.8) is 0 Å². The molecule has 7 nitrogen and oxygen atoms in total. The molecule has 0 amide bonds. The molecule has 0 spiro atoms. The van der Waals surface area contributed by atoms with Crippen molar-refractivity contribution in [3.8, 4) is 0 Å². The van der Waals surface area contributed by atoms with E-state index in [1.165, 1.54) is 6.20 Å². The Kier molecular flexibility index (Phi) is 4.30. The number of hydrogen-bond acceptors (Lipinski definition) is 6. The zero-order valence-electron chi connectivity index (χ0n) is 12.1. The fourth-order valence-corrected chi connectivity index (χ4v) is 3.95. The Hall–Kier alpha value is -1.67. The number of hydrogen-bond donors (Lipinski definition) is 2. The van der Waals surface area contributed by atoms with Gasteiger partial charge in [-0.1, -0.05) is 5.16 Å². The van der Waals surface area contributed by atoms with Gasteiger partial charge in [-0.25, -0.2) is 8.42 Å². The third-order valence-electron chi connectivity index (χ3n) is 3.96. The lowest BCUT2D eigenvalue weighted by molar-refractivity contribution is 0.0821. The van der Waals surface area contributed by atoms with Crippen LogP contribution in [0.2, 0.25) is 0 Å². The molecule has 1 aromatic heterocycles. The summed E-state index contributed by atoms with van der Waals surface area (Å²) in [5.74, 6) is 0.0709. The van der Waals surface area contributed by atoms with Gasteiger partial charge in [0.2, 0.25) is 10.0 Å². The van der Waals surface area contributed by atoms with E-state index in [4.69, 9.17) is 4.74 Å². The van der Waals surface area contributed by atoms with E-state index in [0.29, 0.717) is 43.1 Å². The Bertz CT molecular complexity index is 664. The molecule has 1 aromatic rings. The minimum absolute atomic E-state index is 0.0709. The predicted molar refractivity (Wildman–Crippen MR) is 81.7 cm³/mol. The average Bonchev–Trinajstić information content (AvgIpc) is 3.34. The van der Waals surface area contributed by atoms with E-state index in [2.05, 4.69) is 14.9 Å². The van der Waals surface area contributed by atoms with Crippen LogP contribution in [0, 0.1) is 5.92 Å². The van der Waals surface area contributed by atoms with Crippen molar-refractivity contribution in [1.82, 2.24) is 4.98 Å². The van der Waals surface area contributed by atoms with Crippen molar-refractivity contribution >= 4 is 21.4 Å². The van der Waals surface area contributed by atoms with Crippen LogP contribution < -0.4 is 4.72 Å². The number of nitrogens with one attached hydrogen (secondary N) is 1. The van der Waals surface area contributed by atoms with Crippen molar-refractivity contribution in [2.75, 3.05) is 17.9 Å². The highest BCUT2D eigenvalue weighted by Crippen LogP contribution is 2.30. The number of oxime groups is 1. The van der Waals surface area contributed by atoms with Gasteiger partial charge in [0.15, 0.2) is 0 Å². The SMILES string of the molecule is O=S(=O)(Nc1ccnc(C(=NO)C2CCOCC2)c1)C1CC1. The van der Waals surface area contributed by atoms with Crippen molar-refractivity contribution in [2.45, 2.75) is 30.9 Å². The fourth-order valence-electron chi connectivity index (χ4n) is 2.57. The Balaban J connectivity index is 1.80. The summed E-state index contributed by atoms with van der Waals surface area (Å²) in [6.45, 7) is 1.25. The van der Waals surface area contributed by atoms with E-state index in [1.807, 2.05) is 0 Å². The number of ether oxygens (including phenoxy) is 1. The summed E-state index contributed by atoms with van der Waals surface area (Å²) in [6.07, 6.45) is 4.46. The van der Waals surface area contributed by atoms with E-state index < -0.39 is 10.0 Å². The monoisotopic (exact) mass is 325 g/mol. The maximum atomic E-state index is 12.0. The molecule has 2 fully saturated rings. The van der Waals surface area contributed by atoms with E-state index in [-0.39, 0.29) is 11.2 Å². The van der Waals surface area contributed by atoms with Crippen LogP contribution in [0.5, 0.6) is 0 Å². The first kappa shape index (κ1) is 15.2. The lowest BCUT2D eigenvalue weighted by Gasteiger charge is -2.22. The van der Waals surface area contributed by atoms with Gasteiger partial charge >= 0.3 is 0 Å². The second kappa shape index (κ2) is 6.21. The lowest BCUT2D eigenvalue weighted by atomic mass is 9.92. The summed E-state index contributed by atoms with van der Waals surface area (Å²) >= 11 is 0. The first-order chi connectivity index (χ1) is 10.6. The number of nitrogens with zero attached hydrogens (tertiary/aromatic N) is 2. The van der Waals surface area contributed by atoms with Gasteiger partial charge in [0.05, 0.1) is 16.6 Å². The smallest absolute Gasteiger partial charge is 0.235 e. The van der Waals surface area contributed by atoms with Gasteiger partial charge in [0, 0.05) is 25.3 Å². The molecule has 0 atom stereocenters. The quantitative estimate of drug-likeness (QED) is 0.486. The Morgan fingerprint density at radius 2 is 2.05 bits per heavy atom. The van der Waals surface area contributed by atoms with Gasteiger partial charge in [-0.05, 0) is 37.8 Å². The van der Waals surface area contributed by atoms with Gasteiger partial charge < -0.3 is 9.94 Å². The molecule has 22 heavy (non-hydrogen) atoms. The molecule has 2 aliphatic rings. The third-order valence-corrected chi connectivity index (χ3v) is 5.83. The van der Waals surface area contributed by atoms with Crippen LogP contribution >= 0.6 is 0 Å². The maximum absolute atomic E-state index is 12.0. The molecule has 0 aromatic carbocycles. The zero-order chi connectivity index (χ0) is 15.6. The highest BCUT2D eigenvalue weighted by molar-refractivity contribution is 7.93. The Morgan fingerprint density at radius 1 is 1.32 bits per heavy atom. The maximum Gasteiger partial charge on any atom is 0.235 e. The molecule has 1 saturated heterocycles. The molecular weight excluding hydrogens is 306 g/mol. The van der Waals surface area contributed by atoms with Crippen LogP contribution in [-0.4, -0.2) is 42.8 Å². The van der Waals surface area contributed by atoms with Crippen LogP contribution in [0.1, 0.15) is 31.4 Å². The first-order valence-electron chi connectivity index (χ1n) is 7.38. The molecule has 1 aliphatic heterocycles. The van der Waals surface area contributed by atoms with Gasteiger partial charge in [-0.3, -0.25) is 9.71 Å². The fraction of sp³-hybridized carbons (Fsp3) is 0.571. The highest BCUT2D eigenvalue weighted by atomic mass is 32.2. The minimum atomic E-state index is -3.31. The van der Waals surface area contributed by atoms with E-state index in [9.17, 15) is 13.6 Å². The van der Waals surface area contributed by atoms with Crippen LogP contribution in [-0.2, 0) is 14.8 Å². The number of pyridine rings is 1. The Labute approximate surface area is 129 Å². The molecule has 0 bridgehead atoms. The number of rotatable bonds is 5. The molecule has 2 N–H and O–H groups in total. The summed E-state index contributed by atoms with van der Waals surface area (Å²) in [7, 11) is -3.31. The van der Waals surface area contributed by atoms with Gasteiger partial charge in [-0.15, -0.1) is 0 Å². The first-order valence-corrected chi connectivity index (χ1v) is 8.92. The molecule has 3 rings (SSSR count). The normalized spacial score (nSPS) is 20.8. The molecular formula is C14H19N3O4S. The lowest BCUT2D eigenvalue weighted by Crippen LogP contribution is -2.25. The second-order valence-electron chi connectivity index (χ2n) is 5.65. The molecule has 2 heterocycles. The van der Waals surface area contributed by atoms with Gasteiger partial charge in [0.25, 0.3) is 0 Å².